The molecule has 0 unspecified atom stereocenters. The Hall–Kier alpha value is -2.67. The summed E-state index contributed by atoms with van der Waals surface area (Å²) in [5, 5.41) is 11.2. The van der Waals surface area contributed by atoms with Crippen LogP contribution in [0.4, 0.5) is 0 Å². The minimum absolute atomic E-state index is 0.0269. The number of aliphatic hydroxyl groups excluding tert-OH is 1. The summed E-state index contributed by atoms with van der Waals surface area (Å²) in [6.07, 6.45) is 2.61. The Morgan fingerprint density at radius 1 is 1.11 bits per heavy atom. The average Bonchev–Trinajstić information content (AvgIpc) is 3.65. The van der Waals surface area contributed by atoms with Gasteiger partial charge in [0.15, 0.2) is 0 Å². The van der Waals surface area contributed by atoms with E-state index in [0.717, 1.165) is 46.6 Å². The molecule has 0 radical (unpaired) electrons. The molecule has 3 atom stereocenters. The molecule has 192 valence electrons. The number of carbonyl (C=O) groups is 1. The predicted octanol–water partition coefficient (Wildman–Crippen LogP) is 4.55. The maximum atomic E-state index is 14.3. The molecule has 0 spiro atoms. The topological polar surface area (TPSA) is 57.9 Å². The maximum Gasteiger partial charge on any atom is 0.271 e. The standard InChI is InChI=1S/C30H39N3O3/c1-20-15-33(21(2)18-34)30(35)29-28(25-11-7-8-12-26(25)32(29)4)24-10-6-5-9-23(24)19-36-27(20)17-31(3)16-22-13-14-22/h5-12,20-22,27,34H,13-19H2,1-4H3/t20-,21+,27+/m1/s1. The van der Waals surface area contributed by atoms with E-state index in [2.05, 4.69) is 43.1 Å². The van der Waals surface area contributed by atoms with Gasteiger partial charge >= 0.3 is 0 Å². The minimum Gasteiger partial charge on any atom is -0.394 e. The lowest BCUT2D eigenvalue weighted by atomic mass is 9.96. The van der Waals surface area contributed by atoms with Crippen molar-refractivity contribution in [3.05, 3.63) is 59.8 Å². The molecule has 6 nitrogen and oxygen atoms in total. The third-order valence-corrected chi connectivity index (χ3v) is 7.98. The Morgan fingerprint density at radius 3 is 2.58 bits per heavy atom. The fourth-order valence-corrected chi connectivity index (χ4v) is 5.65. The average molecular weight is 490 g/mol. The van der Waals surface area contributed by atoms with Crippen molar-refractivity contribution in [1.29, 1.82) is 0 Å². The zero-order chi connectivity index (χ0) is 25.4. The number of rotatable bonds is 6. The van der Waals surface area contributed by atoms with Gasteiger partial charge in [-0.15, -0.1) is 0 Å². The number of carbonyl (C=O) groups excluding carboxylic acids is 1. The van der Waals surface area contributed by atoms with Crippen LogP contribution < -0.4 is 0 Å². The highest BCUT2D eigenvalue weighted by Crippen LogP contribution is 2.38. The van der Waals surface area contributed by atoms with E-state index >= 15 is 0 Å². The second-order valence-electron chi connectivity index (χ2n) is 10.9. The lowest BCUT2D eigenvalue weighted by Gasteiger charge is -2.35. The van der Waals surface area contributed by atoms with Crippen molar-refractivity contribution < 1.29 is 14.6 Å². The molecule has 0 bridgehead atoms. The van der Waals surface area contributed by atoms with Crippen molar-refractivity contribution in [3.8, 4) is 11.1 Å². The zero-order valence-electron chi connectivity index (χ0n) is 22.0. The summed E-state index contributed by atoms with van der Waals surface area (Å²) in [5.74, 6) is 0.871. The third kappa shape index (κ3) is 4.82. The molecule has 1 aliphatic heterocycles. The van der Waals surface area contributed by atoms with Crippen molar-refractivity contribution in [2.24, 2.45) is 18.9 Å². The number of hydrogen-bond donors (Lipinski definition) is 1. The van der Waals surface area contributed by atoms with Crippen molar-refractivity contribution in [1.82, 2.24) is 14.4 Å². The summed E-state index contributed by atoms with van der Waals surface area (Å²) in [5.41, 5.74) is 4.76. The van der Waals surface area contributed by atoms with Crippen molar-refractivity contribution >= 4 is 16.8 Å². The molecule has 0 saturated heterocycles. The summed E-state index contributed by atoms with van der Waals surface area (Å²) < 4.78 is 8.69. The summed E-state index contributed by atoms with van der Waals surface area (Å²) in [6.45, 7) is 6.96. The van der Waals surface area contributed by atoms with E-state index in [4.69, 9.17) is 4.74 Å². The van der Waals surface area contributed by atoms with E-state index in [1.807, 2.05) is 47.7 Å². The van der Waals surface area contributed by atoms with Gasteiger partial charge in [-0.05, 0) is 49.9 Å². The number of aromatic nitrogens is 1. The number of benzene rings is 2. The molecular weight excluding hydrogens is 450 g/mol. The normalized spacial score (nSPS) is 21.8. The molecule has 1 aliphatic carbocycles. The molecule has 5 rings (SSSR count). The maximum absolute atomic E-state index is 14.3. The molecule has 36 heavy (non-hydrogen) atoms. The number of amides is 1. The van der Waals surface area contributed by atoms with Crippen molar-refractivity contribution in [2.45, 2.75) is 45.4 Å². The SMILES string of the molecule is C[C@@H]1CN([C@@H](C)CO)C(=O)c2c(c3ccccc3n2C)-c2ccccc2CO[C@H]1CN(C)CC1CC1. The predicted molar refractivity (Wildman–Crippen MR) is 144 cm³/mol. The van der Waals surface area contributed by atoms with E-state index in [-0.39, 0.29) is 30.6 Å². The molecule has 1 aromatic heterocycles. The molecular formula is C30H39N3O3. The Kier molecular flexibility index (Phi) is 7.20. The van der Waals surface area contributed by atoms with Crippen LogP contribution in [-0.4, -0.2) is 70.8 Å². The lowest BCUT2D eigenvalue weighted by Crippen LogP contribution is -2.47. The lowest BCUT2D eigenvalue weighted by molar-refractivity contribution is -0.0236. The second kappa shape index (κ2) is 10.4. The number of aryl methyl sites for hydroxylation is 1. The summed E-state index contributed by atoms with van der Waals surface area (Å²) in [4.78, 5) is 18.6. The largest absolute Gasteiger partial charge is 0.394 e. The van der Waals surface area contributed by atoms with Crippen LogP contribution in [0.3, 0.4) is 0 Å². The van der Waals surface area contributed by atoms with Gasteiger partial charge in [0, 0.05) is 49.1 Å². The Morgan fingerprint density at radius 2 is 1.83 bits per heavy atom. The molecule has 1 fully saturated rings. The Bertz CT molecular complexity index is 1230. The van der Waals surface area contributed by atoms with Gasteiger partial charge in [0.05, 0.1) is 25.4 Å². The van der Waals surface area contributed by atoms with Crippen LogP contribution in [0.15, 0.2) is 48.5 Å². The molecule has 1 amide bonds. The first kappa shape index (κ1) is 25.0. The molecule has 2 aromatic carbocycles. The highest BCUT2D eigenvalue weighted by atomic mass is 16.5. The highest BCUT2D eigenvalue weighted by molar-refractivity contribution is 6.10. The van der Waals surface area contributed by atoms with Gasteiger partial charge in [0.25, 0.3) is 5.91 Å². The molecule has 3 aromatic rings. The molecule has 6 heteroatoms. The summed E-state index contributed by atoms with van der Waals surface area (Å²) in [6, 6.07) is 16.2. The number of nitrogens with zero attached hydrogens (tertiary/aromatic N) is 3. The van der Waals surface area contributed by atoms with E-state index < -0.39 is 0 Å². The number of ether oxygens (including phenoxy) is 1. The monoisotopic (exact) mass is 489 g/mol. The number of para-hydroxylation sites is 1. The number of fused-ring (bicyclic) bond motifs is 5. The van der Waals surface area contributed by atoms with Gasteiger partial charge in [-0.2, -0.15) is 0 Å². The van der Waals surface area contributed by atoms with Gasteiger partial charge in [-0.3, -0.25) is 4.79 Å². The van der Waals surface area contributed by atoms with E-state index in [1.165, 1.54) is 12.8 Å². The number of hydrogen-bond acceptors (Lipinski definition) is 4. The van der Waals surface area contributed by atoms with Gasteiger partial charge in [0.1, 0.15) is 5.69 Å². The fourth-order valence-electron chi connectivity index (χ4n) is 5.65. The molecule has 2 aliphatic rings. The van der Waals surface area contributed by atoms with Crippen LogP contribution in [0.1, 0.15) is 42.7 Å². The highest BCUT2D eigenvalue weighted by Gasteiger charge is 2.34. The minimum atomic E-state index is -0.299. The van der Waals surface area contributed by atoms with Crippen LogP contribution in [0.5, 0.6) is 0 Å². The fraction of sp³-hybridized carbons (Fsp3) is 0.500. The summed E-state index contributed by atoms with van der Waals surface area (Å²) >= 11 is 0. The molecule has 2 heterocycles. The first-order valence-electron chi connectivity index (χ1n) is 13.3. The van der Waals surface area contributed by atoms with Crippen LogP contribution >= 0.6 is 0 Å². The van der Waals surface area contributed by atoms with Crippen LogP contribution in [0, 0.1) is 11.8 Å². The second-order valence-corrected chi connectivity index (χ2v) is 10.9. The first-order valence-corrected chi connectivity index (χ1v) is 13.3. The third-order valence-electron chi connectivity index (χ3n) is 7.98. The van der Waals surface area contributed by atoms with Crippen LogP contribution in [0.25, 0.3) is 22.0 Å². The van der Waals surface area contributed by atoms with Crippen LogP contribution in [0.2, 0.25) is 0 Å². The van der Waals surface area contributed by atoms with Crippen molar-refractivity contribution in [3.63, 3.8) is 0 Å². The quantitative estimate of drug-likeness (QED) is 0.552. The smallest absolute Gasteiger partial charge is 0.271 e. The number of likely N-dealkylation sites (N-methyl/N-ethyl adjacent to an activating group) is 1. The van der Waals surface area contributed by atoms with Gasteiger partial charge < -0.3 is 24.2 Å². The zero-order valence-corrected chi connectivity index (χ0v) is 22.0. The number of aliphatic hydroxyl groups is 1. The Balaban J connectivity index is 1.63. The van der Waals surface area contributed by atoms with Crippen molar-refractivity contribution in [2.75, 3.05) is 33.3 Å². The van der Waals surface area contributed by atoms with Gasteiger partial charge in [-0.1, -0.05) is 49.4 Å². The van der Waals surface area contributed by atoms with E-state index in [0.29, 0.717) is 18.8 Å². The van der Waals surface area contributed by atoms with Crippen LogP contribution in [-0.2, 0) is 18.4 Å². The van der Waals surface area contributed by atoms with E-state index in [9.17, 15) is 9.90 Å². The molecule has 1 N–H and O–H groups in total. The Labute approximate surface area is 214 Å². The first-order chi connectivity index (χ1) is 17.4. The summed E-state index contributed by atoms with van der Waals surface area (Å²) in [7, 11) is 4.15. The van der Waals surface area contributed by atoms with E-state index in [1.54, 1.807) is 0 Å². The molecule has 1 saturated carbocycles. The van der Waals surface area contributed by atoms with Gasteiger partial charge in [-0.25, -0.2) is 0 Å². The van der Waals surface area contributed by atoms with Gasteiger partial charge in [0.2, 0.25) is 0 Å².